The van der Waals surface area contributed by atoms with Gasteiger partial charge in [-0.2, -0.15) is 0 Å². The first-order valence-corrected chi connectivity index (χ1v) is 6.98. The van der Waals surface area contributed by atoms with E-state index < -0.39 is 5.82 Å². The molecule has 2 aromatic rings. The lowest BCUT2D eigenvalue weighted by molar-refractivity contribution is 0.0795. The summed E-state index contributed by atoms with van der Waals surface area (Å²) in [5.74, 6) is -0.652. The second-order valence-corrected chi connectivity index (χ2v) is 5.19. The highest BCUT2D eigenvalue weighted by Crippen LogP contribution is 2.21. The highest BCUT2D eigenvalue weighted by Gasteiger charge is 2.16. The fraction of sp³-hybridized carbons (Fsp3) is 0.200. The standard InChI is InChI=1S/C15H14BrFN2O/c1-19(10-8-11-5-2-3-9-18-11)15(20)12-6-4-7-13(17)14(12)16/h2-7,9H,8,10H2,1H3. The third-order valence-corrected chi connectivity index (χ3v) is 3.76. The van der Waals surface area contributed by atoms with Gasteiger partial charge in [-0.05, 0) is 40.2 Å². The first-order chi connectivity index (χ1) is 9.59. The minimum absolute atomic E-state index is 0.203. The van der Waals surface area contributed by atoms with Gasteiger partial charge in [0.2, 0.25) is 0 Å². The van der Waals surface area contributed by atoms with E-state index >= 15 is 0 Å². The summed E-state index contributed by atoms with van der Waals surface area (Å²) >= 11 is 3.11. The van der Waals surface area contributed by atoms with Gasteiger partial charge in [0.05, 0.1) is 10.0 Å². The molecule has 0 radical (unpaired) electrons. The number of rotatable bonds is 4. The van der Waals surface area contributed by atoms with E-state index in [-0.39, 0.29) is 10.4 Å². The van der Waals surface area contributed by atoms with Crippen molar-refractivity contribution in [2.45, 2.75) is 6.42 Å². The van der Waals surface area contributed by atoms with Gasteiger partial charge in [-0.1, -0.05) is 12.1 Å². The molecule has 2 rings (SSSR count). The molecule has 5 heteroatoms. The quantitative estimate of drug-likeness (QED) is 0.858. The molecule has 0 N–H and O–H groups in total. The van der Waals surface area contributed by atoms with E-state index in [1.165, 1.54) is 12.1 Å². The number of halogens is 2. The van der Waals surface area contributed by atoms with Crippen LogP contribution in [-0.2, 0) is 6.42 Å². The molecular formula is C15H14BrFN2O. The number of carbonyl (C=O) groups is 1. The summed E-state index contributed by atoms with van der Waals surface area (Å²) < 4.78 is 13.6. The van der Waals surface area contributed by atoms with Gasteiger partial charge in [0.25, 0.3) is 5.91 Å². The monoisotopic (exact) mass is 336 g/mol. The van der Waals surface area contributed by atoms with Crippen molar-refractivity contribution in [2.75, 3.05) is 13.6 Å². The summed E-state index contributed by atoms with van der Waals surface area (Å²) in [4.78, 5) is 18.0. The molecule has 0 saturated heterocycles. The smallest absolute Gasteiger partial charge is 0.254 e. The first-order valence-electron chi connectivity index (χ1n) is 6.19. The predicted octanol–water partition coefficient (Wildman–Crippen LogP) is 3.30. The van der Waals surface area contributed by atoms with Gasteiger partial charge in [-0.25, -0.2) is 4.39 Å². The van der Waals surface area contributed by atoms with E-state index in [0.717, 1.165) is 5.69 Å². The molecule has 0 spiro atoms. The molecule has 3 nitrogen and oxygen atoms in total. The van der Waals surface area contributed by atoms with Crippen LogP contribution in [0.3, 0.4) is 0 Å². The maximum Gasteiger partial charge on any atom is 0.254 e. The van der Waals surface area contributed by atoms with Crippen LogP contribution in [0.5, 0.6) is 0 Å². The molecule has 1 heterocycles. The van der Waals surface area contributed by atoms with Crippen LogP contribution in [0.1, 0.15) is 16.1 Å². The van der Waals surface area contributed by atoms with E-state index in [0.29, 0.717) is 18.5 Å². The van der Waals surface area contributed by atoms with Gasteiger partial charge in [-0.3, -0.25) is 9.78 Å². The van der Waals surface area contributed by atoms with Crippen LogP contribution >= 0.6 is 15.9 Å². The summed E-state index contributed by atoms with van der Waals surface area (Å²) in [7, 11) is 1.70. The Morgan fingerprint density at radius 1 is 1.30 bits per heavy atom. The van der Waals surface area contributed by atoms with Crippen LogP contribution in [0.25, 0.3) is 0 Å². The number of amides is 1. The third kappa shape index (κ3) is 3.42. The Labute approximate surface area is 125 Å². The number of aromatic nitrogens is 1. The maximum absolute atomic E-state index is 13.4. The fourth-order valence-corrected chi connectivity index (χ4v) is 2.24. The molecule has 0 unspecified atom stereocenters. The molecule has 1 aromatic heterocycles. The molecule has 0 saturated carbocycles. The number of carbonyl (C=O) groups excluding carboxylic acids is 1. The van der Waals surface area contributed by atoms with Crippen LogP contribution in [0.2, 0.25) is 0 Å². The van der Waals surface area contributed by atoms with Crippen molar-refractivity contribution in [2.24, 2.45) is 0 Å². The van der Waals surface area contributed by atoms with Gasteiger partial charge in [0, 0.05) is 31.9 Å². The molecule has 1 aromatic carbocycles. The van der Waals surface area contributed by atoms with Gasteiger partial charge < -0.3 is 4.90 Å². The summed E-state index contributed by atoms with van der Waals surface area (Å²) in [6.07, 6.45) is 2.39. The van der Waals surface area contributed by atoms with Crippen LogP contribution in [0.4, 0.5) is 4.39 Å². The molecule has 0 aliphatic rings. The zero-order valence-corrected chi connectivity index (χ0v) is 12.6. The summed E-state index contributed by atoms with van der Waals surface area (Å²) in [5, 5.41) is 0. The number of likely N-dealkylation sites (N-methyl/N-ethyl adjacent to an activating group) is 1. The normalized spacial score (nSPS) is 10.3. The first kappa shape index (κ1) is 14.7. The molecule has 0 fully saturated rings. The van der Waals surface area contributed by atoms with Gasteiger partial charge in [0.15, 0.2) is 0 Å². The number of benzene rings is 1. The van der Waals surface area contributed by atoms with E-state index in [1.807, 2.05) is 18.2 Å². The van der Waals surface area contributed by atoms with Gasteiger partial charge in [-0.15, -0.1) is 0 Å². The molecular weight excluding hydrogens is 323 g/mol. The zero-order valence-electron chi connectivity index (χ0n) is 11.0. The van der Waals surface area contributed by atoms with E-state index in [4.69, 9.17) is 0 Å². The SMILES string of the molecule is CN(CCc1ccccn1)C(=O)c1cccc(F)c1Br. The van der Waals surface area contributed by atoms with Gasteiger partial charge >= 0.3 is 0 Å². The molecule has 0 aliphatic heterocycles. The summed E-state index contributed by atoms with van der Waals surface area (Å²) in [6.45, 7) is 0.527. The van der Waals surface area contributed by atoms with E-state index in [2.05, 4.69) is 20.9 Å². The topological polar surface area (TPSA) is 33.2 Å². The number of hydrogen-bond donors (Lipinski definition) is 0. The van der Waals surface area contributed by atoms with Crippen molar-refractivity contribution in [1.29, 1.82) is 0 Å². The average molecular weight is 337 g/mol. The molecule has 0 aliphatic carbocycles. The summed E-state index contributed by atoms with van der Waals surface area (Å²) in [6, 6.07) is 10.1. The van der Waals surface area contributed by atoms with Crippen molar-refractivity contribution < 1.29 is 9.18 Å². The molecule has 0 bridgehead atoms. The second-order valence-electron chi connectivity index (χ2n) is 4.40. The highest BCUT2D eigenvalue weighted by molar-refractivity contribution is 9.10. The molecule has 104 valence electrons. The van der Waals surface area contributed by atoms with E-state index in [9.17, 15) is 9.18 Å². The van der Waals surface area contributed by atoms with Crippen molar-refractivity contribution in [3.63, 3.8) is 0 Å². The predicted molar refractivity (Wildman–Crippen MR) is 79.0 cm³/mol. The molecule has 20 heavy (non-hydrogen) atoms. The largest absolute Gasteiger partial charge is 0.341 e. The van der Waals surface area contributed by atoms with E-state index in [1.54, 1.807) is 24.2 Å². The minimum Gasteiger partial charge on any atom is -0.341 e. The lowest BCUT2D eigenvalue weighted by Crippen LogP contribution is -2.29. The number of pyridine rings is 1. The third-order valence-electron chi connectivity index (χ3n) is 2.96. The second kappa shape index (κ2) is 6.61. The Morgan fingerprint density at radius 3 is 2.80 bits per heavy atom. The Hall–Kier alpha value is -1.75. The van der Waals surface area contributed by atoms with Crippen molar-refractivity contribution >= 4 is 21.8 Å². The van der Waals surface area contributed by atoms with Gasteiger partial charge in [0.1, 0.15) is 5.82 Å². The number of hydrogen-bond acceptors (Lipinski definition) is 2. The Kier molecular flexibility index (Phi) is 4.84. The van der Waals surface area contributed by atoms with Crippen LogP contribution in [0, 0.1) is 5.82 Å². The van der Waals surface area contributed by atoms with Crippen LogP contribution < -0.4 is 0 Å². The van der Waals surface area contributed by atoms with Crippen molar-refractivity contribution in [3.8, 4) is 0 Å². The Morgan fingerprint density at radius 2 is 2.10 bits per heavy atom. The molecule has 1 amide bonds. The zero-order chi connectivity index (χ0) is 14.5. The lowest BCUT2D eigenvalue weighted by atomic mass is 10.2. The average Bonchev–Trinajstić information content (AvgIpc) is 2.48. The minimum atomic E-state index is -0.436. The molecule has 0 atom stereocenters. The van der Waals surface area contributed by atoms with Crippen molar-refractivity contribution in [3.05, 3.63) is 64.1 Å². The van der Waals surface area contributed by atoms with Crippen LogP contribution in [-0.4, -0.2) is 29.4 Å². The fourth-order valence-electron chi connectivity index (χ4n) is 1.80. The highest BCUT2D eigenvalue weighted by atomic mass is 79.9. The Balaban J connectivity index is 2.04. The number of nitrogens with zero attached hydrogens (tertiary/aromatic N) is 2. The Bertz CT molecular complexity index is 604. The maximum atomic E-state index is 13.4. The lowest BCUT2D eigenvalue weighted by Gasteiger charge is -2.17. The van der Waals surface area contributed by atoms with Crippen LogP contribution in [0.15, 0.2) is 47.1 Å². The van der Waals surface area contributed by atoms with Crippen molar-refractivity contribution in [1.82, 2.24) is 9.88 Å². The summed E-state index contributed by atoms with van der Waals surface area (Å²) in [5.41, 5.74) is 1.25.